The number of rotatable bonds is 1. The zero-order valence-corrected chi connectivity index (χ0v) is 13.7. The van der Waals surface area contributed by atoms with Crippen LogP contribution in [0.5, 0.6) is 0 Å². The first-order valence-electron chi connectivity index (χ1n) is 7.91. The van der Waals surface area contributed by atoms with Crippen LogP contribution < -0.4 is 0 Å². The number of nitrogens with zero attached hydrogens (tertiary/aromatic N) is 1. The van der Waals surface area contributed by atoms with Crippen LogP contribution in [0.1, 0.15) is 46.1 Å². The van der Waals surface area contributed by atoms with E-state index in [1.165, 1.54) is 0 Å². The molecule has 0 radical (unpaired) electrons. The lowest BCUT2D eigenvalue weighted by Gasteiger charge is -2.46. The standard InChI is InChI=1S/C18H26FNO/c1-12-10-18(4,13-8-6-7-9-15(13)19)11-14-16(12)20(5)21-17(14,2)3/h6-9,12,14,16H,10-11H2,1-5H3/t12-,14+,16+,18+/m0/s1. The third-order valence-corrected chi connectivity index (χ3v) is 5.65. The highest BCUT2D eigenvalue weighted by Crippen LogP contribution is 2.53. The van der Waals surface area contributed by atoms with Crippen molar-refractivity contribution in [3.8, 4) is 0 Å². The van der Waals surface area contributed by atoms with Crippen LogP contribution in [0.25, 0.3) is 0 Å². The second kappa shape index (κ2) is 4.79. The molecule has 0 unspecified atom stereocenters. The van der Waals surface area contributed by atoms with Crippen LogP contribution >= 0.6 is 0 Å². The summed E-state index contributed by atoms with van der Waals surface area (Å²) in [6.07, 6.45) is 1.97. The maximum atomic E-state index is 14.3. The van der Waals surface area contributed by atoms with Crippen molar-refractivity contribution in [2.24, 2.45) is 11.8 Å². The fourth-order valence-electron chi connectivity index (χ4n) is 4.86. The monoisotopic (exact) mass is 291 g/mol. The quantitative estimate of drug-likeness (QED) is 0.770. The number of hydroxylamine groups is 2. The minimum atomic E-state index is -0.180. The molecule has 0 spiro atoms. The predicted molar refractivity (Wildman–Crippen MR) is 82.4 cm³/mol. The Labute approximate surface area is 127 Å². The molecule has 4 atom stereocenters. The molecule has 3 heteroatoms. The summed E-state index contributed by atoms with van der Waals surface area (Å²) in [5, 5.41) is 2.04. The molecule has 2 nitrogen and oxygen atoms in total. The smallest absolute Gasteiger partial charge is 0.126 e. The van der Waals surface area contributed by atoms with Crippen LogP contribution in [0.15, 0.2) is 24.3 Å². The van der Waals surface area contributed by atoms with E-state index < -0.39 is 0 Å². The minimum Gasteiger partial charge on any atom is -0.293 e. The van der Waals surface area contributed by atoms with E-state index in [0.29, 0.717) is 17.9 Å². The molecule has 116 valence electrons. The van der Waals surface area contributed by atoms with Crippen molar-refractivity contribution in [3.05, 3.63) is 35.6 Å². The van der Waals surface area contributed by atoms with Crippen LogP contribution in [-0.2, 0) is 10.3 Å². The Kier molecular flexibility index (Phi) is 3.42. The summed E-state index contributed by atoms with van der Waals surface area (Å²) in [6.45, 7) is 8.81. The summed E-state index contributed by atoms with van der Waals surface area (Å²) in [7, 11) is 2.04. The van der Waals surface area contributed by atoms with Crippen molar-refractivity contribution >= 4 is 0 Å². The lowest BCUT2D eigenvalue weighted by molar-refractivity contribution is -0.182. The van der Waals surface area contributed by atoms with E-state index >= 15 is 0 Å². The maximum Gasteiger partial charge on any atom is 0.126 e. The van der Waals surface area contributed by atoms with Gasteiger partial charge in [0.2, 0.25) is 0 Å². The van der Waals surface area contributed by atoms with E-state index in [1.54, 1.807) is 12.1 Å². The van der Waals surface area contributed by atoms with Gasteiger partial charge in [-0.05, 0) is 49.7 Å². The molecule has 21 heavy (non-hydrogen) atoms. The number of benzene rings is 1. The molecule has 0 N–H and O–H groups in total. The molecule has 1 aromatic rings. The van der Waals surface area contributed by atoms with Gasteiger partial charge in [0, 0.05) is 19.0 Å². The van der Waals surface area contributed by atoms with Gasteiger partial charge in [0.15, 0.2) is 0 Å². The van der Waals surface area contributed by atoms with Crippen molar-refractivity contribution in [3.63, 3.8) is 0 Å². The van der Waals surface area contributed by atoms with E-state index in [4.69, 9.17) is 4.84 Å². The minimum absolute atomic E-state index is 0.0734. The van der Waals surface area contributed by atoms with Gasteiger partial charge in [-0.15, -0.1) is 0 Å². The van der Waals surface area contributed by atoms with Gasteiger partial charge < -0.3 is 0 Å². The summed E-state index contributed by atoms with van der Waals surface area (Å²) >= 11 is 0. The average Bonchev–Trinajstić information content (AvgIpc) is 2.59. The topological polar surface area (TPSA) is 12.5 Å². The van der Waals surface area contributed by atoms with E-state index in [2.05, 4.69) is 27.7 Å². The molecule has 0 amide bonds. The Hall–Kier alpha value is -0.930. The molecule has 1 saturated heterocycles. The Balaban J connectivity index is 1.99. The normalized spacial score (nSPS) is 39.2. The molecule has 1 aliphatic carbocycles. The summed E-state index contributed by atoms with van der Waals surface area (Å²) < 4.78 is 14.3. The second-order valence-corrected chi connectivity index (χ2v) is 7.76. The predicted octanol–water partition coefficient (Wildman–Crippen LogP) is 4.15. The van der Waals surface area contributed by atoms with E-state index in [9.17, 15) is 4.39 Å². The molecule has 1 aromatic carbocycles. The molecule has 3 rings (SSSR count). The van der Waals surface area contributed by atoms with Crippen molar-refractivity contribution in [2.75, 3.05) is 7.05 Å². The molecular weight excluding hydrogens is 265 g/mol. The zero-order valence-electron chi connectivity index (χ0n) is 13.7. The number of hydrogen-bond donors (Lipinski definition) is 0. The molecule has 2 aliphatic rings. The molecule has 0 bridgehead atoms. The Morgan fingerprint density at radius 1 is 1.19 bits per heavy atom. The van der Waals surface area contributed by atoms with Crippen LogP contribution in [-0.4, -0.2) is 23.8 Å². The largest absolute Gasteiger partial charge is 0.293 e. The van der Waals surface area contributed by atoms with Gasteiger partial charge in [-0.25, -0.2) is 4.39 Å². The van der Waals surface area contributed by atoms with Gasteiger partial charge in [-0.3, -0.25) is 4.84 Å². The lowest BCUT2D eigenvalue weighted by atomic mass is 9.59. The zero-order chi connectivity index (χ0) is 15.4. The molecule has 1 saturated carbocycles. The van der Waals surface area contributed by atoms with Gasteiger partial charge in [0.25, 0.3) is 0 Å². The summed E-state index contributed by atoms with van der Waals surface area (Å²) in [5.74, 6) is 0.840. The van der Waals surface area contributed by atoms with Gasteiger partial charge in [0.05, 0.1) is 5.60 Å². The van der Waals surface area contributed by atoms with Crippen molar-refractivity contribution in [2.45, 2.75) is 57.6 Å². The first kappa shape index (κ1) is 15.0. The van der Waals surface area contributed by atoms with Crippen molar-refractivity contribution in [1.82, 2.24) is 5.06 Å². The van der Waals surface area contributed by atoms with Crippen molar-refractivity contribution in [1.29, 1.82) is 0 Å². The molecule has 1 heterocycles. The van der Waals surface area contributed by atoms with Gasteiger partial charge >= 0.3 is 0 Å². The van der Waals surface area contributed by atoms with Crippen LogP contribution in [0.4, 0.5) is 4.39 Å². The fourth-order valence-corrected chi connectivity index (χ4v) is 4.86. The number of hydrogen-bond acceptors (Lipinski definition) is 2. The molecular formula is C18H26FNO. The van der Waals surface area contributed by atoms with E-state index in [-0.39, 0.29) is 16.8 Å². The van der Waals surface area contributed by atoms with Crippen LogP contribution in [0.3, 0.4) is 0 Å². The maximum absolute atomic E-state index is 14.3. The Morgan fingerprint density at radius 3 is 2.52 bits per heavy atom. The van der Waals surface area contributed by atoms with Gasteiger partial charge in [-0.1, -0.05) is 32.0 Å². The van der Waals surface area contributed by atoms with Crippen LogP contribution in [0, 0.1) is 17.7 Å². The van der Waals surface area contributed by atoms with Gasteiger partial charge in [-0.2, -0.15) is 5.06 Å². The lowest BCUT2D eigenvalue weighted by Crippen LogP contribution is -2.48. The highest BCUT2D eigenvalue weighted by atomic mass is 19.1. The fraction of sp³-hybridized carbons (Fsp3) is 0.667. The summed E-state index contributed by atoms with van der Waals surface area (Å²) in [4.78, 5) is 6.07. The first-order valence-corrected chi connectivity index (χ1v) is 7.91. The third kappa shape index (κ3) is 2.31. The number of fused-ring (bicyclic) bond motifs is 1. The number of halogens is 1. The molecule has 0 aromatic heterocycles. The first-order chi connectivity index (χ1) is 9.74. The Bertz CT molecular complexity index is 544. The van der Waals surface area contributed by atoms with Crippen molar-refractivity contribution < 1.29 is 9.23 Å². The van der Waals surface area contributed by atoms with Gasteiger partial charge in [0.1, 0.15) is 5.82 Å². The highest BCUT2D eigenvalue weighted by molar-refractivity contribution is 5.28. The third-order valence-electron chi connectivity index (χ3n) is 5.65. The van der Waals surface area contributed by atoms with Crippen LogP contribution in [0.2, 0.25) is 0 Å². The summed E-state index contributed by atoms with van der Waals surface area (Å²) in [6, 6.07) is 7.69. The molecule has 1 aliphatic heterocycles. The SMILES string of the molecule is C[C@H]1C[C@@](C)(c2ccccc2F)C[C@@H]2[C@@H]1N(C)OC2(C)C. The van der Waals surface area contributed by atoms with E-state index in [1.807, 2.05) is 24.2 Å². The second-order valence-electron chi connectivity index (χ2n) is 7.76. The highest BCUT2D eigenvalue weighted by Gasteiger charge is 2.55. The Morgan fingerprint density at radius 2 is 1.86 bits per heavy atom. The molecule has 2 fully saturated rings. The van der Waals surface area contributed by atoms with E-state index in [0.717, 1.165) is 18.4 Å². The average molecular weight is 291 g/mol. The summed E-state index contributed by atoms with van der Waals surface area (Å²) in [5.41, 5.74) is 0.568.